The van der Waals surface area contributed by atoms with Crippen LogP contribution in [0.2, 0.25) is 10.0 Å². The van der Waals surface area contributed by atoms with Gasteiger partial charge in [0.1, 0.15) is 22.2 Å². The Morgan fingerprint density at radius 3 is 1.85 bits per heavy atom. The number of aromatic nitrogens is 1. The number of amides is 1. The summed E-state index contributed by atoms with van der Waals surface area (Å²) < 4.78 is 10.8. The van der Waals surface area contributed by atoms with Crippen molar-refractivity contribution in [2.45, 2.75) is 43.7 Å². The normalized spacial score (nSPS) is 9.27. The summed E-state index contributed by atoms with van der Waals surface area (Å²) in [6, 6.07) is 26.6. The van der Waals surface area contributed by atoms with Gasteiger partial charge >= 0.3 is 103 Å². The van der Waals surface area contributed by atoms with Crippen LogP contribution in [-0.2, 0) is 48.1 Å². The number of alkyl halides is 2. The number of hydrogen-bond donors (Lipinski definition) is 2. The van der Waals surface area contributed by atoms with E-state index in [1.807, 2.05) is 86.6 Å². The first-order chi connectivity index (χ1) is 26.8. The summed E-state index contributed by atoms with van der Waals surface area (Å²) >= 11 is 34.4. The van der Waals surface area contributed by atoms with E-state index >= 15 is 0 Å². The molecule has 0 spiro atoms. The van der Waals surface area contributed by atoms with Crippen LogP contribution in [0.15, 0.2) is 94.4 Å². The first-order valence-electron chi connectivity index (χ1n) is 16.1. The van der Waals surface area contributed by atoms with Gasteiger partial charge in [-0.1, -0.05) is 90.9 Å². The van der Waals surface area contributed by atoms with E-state index in [0.29, 0.717) is 32.9 Å². The number of hydrogen-bond acceptors (Lipinski definition) is 11. The Hall–Kier alpha value is -0.567. The van der Waals surface area contributed by atoms with Gasteiger partial charge in [0, 0.05) is 28.2 Å². The summed E-state index contributed by atoms with van der Waals surface area (Å²) in [5, 5.41) is 6.92. The maximum atomic E-state index is 12.6. The van der Waals surface area contributed by atoms with Crippen molar-refractivity contribution < 1.29 is 122 Å². The molecule has 0 radical (unpaired) electrons. The van der Waals surface area contributed by atoms with Crippen molar-refractivity contribution in [1.29, 1.82) is 0 Å². The van der Waals surface area contributed by atoms with E-state index in [9.17, 15) is 9.59 Å². The Labute approximate surface area is 472 Å². The predicted molar refractivity (Wildman–Crippen MR) is 247 cm³/mol. The van der Waals surface area contributed by atoms with Gasteiger partial charge in [-0.2, -0.15) is 10.9 Å². The third-order valence-corrected chi connectivity index (χ3v) is 10.9. The molecule has 0 unspecified atom stereocenters. The molecule has 1 amide bonds. The zero-order chi connectivity index (χ0) is 41.6. The van der Waals surface area contributed by atoms with Gasteiger partial charge in [-0.15, -0.1) is 39.5 Å². The molecule has 0 aliphatic carbocycles. The number of carbonyl (C=O) groups excluding carboxylic acids is 2. The number of aryl methyl sites for hydroxylation is 2. The molecule has 1 aromatic heterocycles. The molecular weight excluding hydrogens is 963 g/mol. The largest absolute Gasteiger partial charge is 1.00 e. The number of ketones is 1. The first kappa shape index (κ1) is 60.5. The molecule has 0 atom stereocenters. The van der Waals surface area contributed by atoms with E-state index in [4.69, 9.17) is 68.2 Å². The van der Waals surface area contributed by atoms with Gasteiger partial charge < -0.3 is 45.8 Å². The van der Waals surface area contributed by atoms with Crippen LogP contribution in [0, 0.1) is 20.4 Å². The van der Waals surface area contributed by atoms with Crippen LogP contribution in [0.5, 0.6) is 11.5 Å². The Morgan fingerprint density at radius 2 is 1.41 bits per heavy atom. The second kappa shape index (κ2) is 33.9. The van der Waals surface area contributed by atoms with Crippen molar-refractivity contribution in [3.05, 3.63) is 139 Å². The van der Waals surface area contributed by atoms with Gasteiger partial charge in [0.15, 0.2) is 10.1 Å². The van der Waals surface area contributed by atoms with Crippen molar-refractivity contribution in [1.82, 2.24) is 4.98 Å². The van der Waals surface area contributed by atoms with Crippen LogP contribution in [0.3, 0.4) is 0 Å². The van der Waals surface area contributed by atoms with Crippen LogP contribution < -0.4 is 123 Å². The molecular formula is C40H41Cl4K2N5O4S4. The molecule has 5 rings (SSSR count). The summed E-state index contributed by atoms with van der Waals surface area (Å²) in [7, 11) is 3.29. The quantitative estimate of drug-likeness (QED) is 0.0256. The number of thiazole rings is 1. The SMILES string of the molecule is C.COc1ccc(CCl)cc1.COc1ccc(CSc2nc(N)c(C(=O)Nc3c(C)cccc3Cl)s2)cc1.Cc1cccc(Cl)c1CC(=O)CCl.[C-]#[N+]N=C([S-])[S-].[K+].[K+]. The van der Waals surface area contributed by atoms with E-state index in [1.165, 1.54) is 23.1 Å². The standard InChI is InChI=1S/C19H18ClN3O2S2.C10H10Cl2O.C8H9ClO.C2H2N2S2.CH4.2K/c1-11-4-3-5-14(20)15(11)22-18(24)16-17(21)23-19(27-16)26-10-12-6-8-13(25-2)9-7-12;1-7-3-2-4-10(12)9(7)5-8(13)6-11;1-10-8-4-2-7(6-9)3-5-8;1-3-4-2(5)6;;;/h3-9H,10,21H2,1-2H3,(H,22,24);2-4H,5-6H2,1H3;2-5H,6H2,1H3;(H2,4,5,6);1H4;;/q;;;;;2*+1/p-2. The van der Waals surface area contributed by atoms with Crippen molar-refractivity contribution in [2.75, 3.05) is 31.2 Å². The number of methoxy groups -OCH3 is 2. The summed E-state index contributed by atoms with van der Waals surface area (Å²) in [5.74, 6) is 2.93. The number of benzene rings is 4. The fourth-order valence-corrected chi connectivity index (χ4v) is 7.09. The number of rotatable bonds is 11. The van der Waals surface area contributed by atoms with Crippen LogP contribution in [0.4, 0.5) is 11.5 Å². The Kier molecular flexibility index (Phi) is 34.8. The fraction of sp³-hybridized carbons (Fsp3) is 0.225. The van der Waals surface area contributed by atoms with Gasteiger partial charge in [-0.3, -0.25) is 9.59 Å². The van der Waals surface area contributed by atoms with Crippen LogP contribution in [0.25, 0.3) is 4.95 Å². The maximum Gasteiger partial charge on any atom is 1.00 e. The van der Waals surface area contributed by atoms with Gasteiger partial charge in [-0.05, 0) is 78.1 Å². The minimum Gasteiger partial charge on any atom is -0.782 e. The monoisotopic (exact) mass is 1000 g/mol. The van der Waals surface area contributed by atoms with E-state index in [2.05, 4.69) is 45.6 Å². The number of ether oxygens (including phenoxy) is 2. The van der Waals surface area contributed by atoms with Crippen LogP contribution >= 0.6 is 69.5 Å². The predicted octanol–water partition coefficient (Wildman–Crippen LogP) is 5.59. The van der Waals surface area contributed by atoms with Gasteiger partial charge in [0.25, 0.3) is 5.91 Å². The number of Topliss-reactive ketones (excluding diaryl/α,β-unsaturated/α-hetero) is 1. The van der Waals surface area contributed by atoms with E-state index in [1.54, 1.807) is 26.4 Å². The Balaban J connectivity index is 0. The smallest absolute Gasteiger partial charge is 0.782 e. The van der Waals surface area contributed by atoms with E-state index in [-0.39, 0.29) is 138 Å². The topological polar surface area (TPSA) is 120 Å². The zero-order valence-electron chi connectivity index (χ0n) is 32.6. The summed E-state index contributed by atoms with van der Waals surface area (Å²) in [4.78, 5) is 30.9. The molecule has 1 heterocycles. The van der Waals surface area contributed by atoms with Gasteiger partial charge in [0.2, 0.25) is 0 Å². The molecule has 0 aliphatic rings. The number of nitrogen functional groups attached to an aromatic ring is 1. The minimum absolute atomic E-state index is 0. The molecule has 0 saturated carbocycles. The van der Waals surface area contributed by atoms with Crippen molar-refractivity contribution in [3.8, 4) is 11.5 Å². The Morgan fingerprint density at radius 1 is 0.881 bits per heavy atom. The van der Waals surface area contributed by atoms with Gasteiger partial charge in [-0.25, -0.2) is 4.98 Å². The number of para-hydroxylation sites is 1. The molecule has 4 aromatic carbocycles. The number of carbonyl (C=O) groups is 2. The molecule has 0 saturated heterocycles. The number of nitrogens with one attached hydrogen (secondary N) is 1. The number of thioether (sulfide) groups is 1. The maximum absolute atomic E-state index is 12.6. The zero-order valence-corrected chi connectivity index (χ0v) is 45.1. The van der Waals surface area contributed by atoms with E-state index < -0.39 is 0 Å². The van der Waals surface area contributed by atoms with Crippen LogP contribution in [0.1, 0.15) is 44.9 Å². The summed E-state index contributed by atoms with van der Waals surface area (Å²) in [6.45, 7) is 9.85. The third-order valence-electron chi connectivity index (χ3n) is 7.14. The molecule has 0 aliphatic heterocycles. The molecule has 19 heteroatoms. The van der Waals surface area contributed by atoms with Crippen molar-refractivity contribution >= 4 is 122 Å². The summed E-state index contributed by atoms with van der Waals surface area (Å²) in [5.41, 5.74) is 11.6. The minimum atomic E-state index is -0.308. The van der Waals surface area contributed by atoms with Crippen molar-refractivity contribution in [2.24, 2.45) is 5.10 Å². The molecule has 3 N–H and O–H groups in total. The molecule has 59 heavy (non-hydrogen) atoms. The second-order valence-corrected chi connectivity index (χ2v) is 15.7. The number of nitrogens with zero attached hydrogens (tertiary/aromatic N) is 3. The summed E-state index contributed by atoms with van der Waals surface area (Å²) in [6.07, 6.45) is 0.328. The van der Waals surface area contributed by atoms with E-state index in [0.717, 1.165) is 49.4 Å². The molecule has 0 bridgehead atoms. The fourth-order valence-electron chi connectivity index (χ4n) is 4.25. The number of nitrogens with two attached hydrogens (primary N) is 1. The molecule has 5 aromatic rings. The third kappa shape index (κ3) is 23.1. The van der Waals surface area contributed by atoms with Crippen molar-refractivity contribution in [3.63, 3.8) is 0 Å². The van der Waals surface area contributed by atoms with Crippen LogP contribution in [-0.4, -0.2) is 41.1 Å². The Bertz CT molecular complexity index is 2040. The second-order valence-electron chi connectivity index (χ2n) is 11.0. The molecule has 0 fully saturated rings. The average Bonchev–Trinajstić information content (AvgIpc) is 3.58. The first-order valence-corrected chi connectivity index (χ1v) is 20.6. The number of halogens is 4. The molecule has 304 valence electrons. The molecule has 9 nitrogen and oxygen atoms in total. The average molecular weight is 1000 g/mol. The number of anilines is 2. The van der Waals surface area contributed by atoms with Gasteiger partial charge in [0.05, 0.1) is 30.8 Å².